The highest BCUT2D eigenvalue weighted by molar-refractivity contribution is 6.32. The number of carbonyl (C=O) groups is 1. The Morgan fingerprint density at radius 1 is 1.40 bits per heavy atom. The van der Waals surface area contributed by atoms with Crippen LogP contribution in [0.1, 0.15) is 18.2 Å². The summed E-state index contributed by atoms with van der Waals surface area (Å²) in [6, 6.07) is 8.27. The van der Waals surface area contributed by atoms with E-state index in [9.17, 15) is 4.79 Å². The Balaban J connectivity index is 2.24. The maximum Gasteiger partial charge on any atom is 0.219 e. The predicted molar refractivity (Wildman–Crippen MR) is 76.4 cm³/mol. The number of nitrogens with two attached hydrogens (primary N) is 2. The van der Waals surface area contributed by atoms with Crippen LogP contribution in [0.15, 0.2) is 34.7 Å². The van der Waals surface area contributed by atoms with Crippen molar-refractivity contribution in [1.29, 1.82) is 0 Å². The van der Waals surface area contributed by atoms with Gasteiger partial charge in [0.15, 0.2) is 0 Å². The highest BCUT2D eigenvalue weighted by atomic mass is 35.5. The van der Waals surface area contributed by atoms with Gasteiger partial charge in [0, 0.05) is 12.0 Å². The quantitative estimate of drug-likeness (QED) is 0.886. The third-order valence-electron chi connectivity index (χ3n) is 2.85. The first kappa shape index (κ1) is 14.4. The minimum Gasteiger partial charge on any atom is -0.495 e. The number of benzene rings is 1. The summed E-state index contributed by atoms with van der Waals surface area (Å²) in [4.78, 5) is 10.8. The fourth-order valence-electron chi connectivity index (χ4n) is 1.84. The summed E-state index contributed by atoms with van der Waals surface area (Å²) in [6.07, 6.45) is 0.0380. The van der Waals surface area contributed by atoms with Crippen LogP contribution in [0.3, 0.4) is 0 Å². The summed E-state index contributed by atoms with van der Waals surface area (Å²) < 4.78 is 10.7. The summed E-state index contributed by atoms with van der Waals surface area (Å²) in [5.74, 6) is 1.24. The van der Waals surface area contributed by atoms with Gasteiger partial charge in [0.25, 0.3) is 0 Å². The number of halogens is 1. The second-order valence-corrected chi connectivity index (χ2v) is 4.74. The van der Waals surface area contributed by atoms with E-state index in [-0.39, 0.29) is 6.42 Å². The number of ether oxygens (including phenoxy) is 1. The second kappa shape index (κ2) is 5.98. The number of hydrogen-bond donors (Lipinski definition) is 2. The Hall–Kier alpha value is -1.98. The highest BCUT2D eigenvalue weighted by Crippen LogP contribution is 2.32. The SMILES string of the molecule is COc1ccc(-c2ccc([C@@H](N)CC(N)=O)o2)cc1Cl. The molecule has 0 unspecified atom stereocenters. The molecule has 0 spiro atoms. The molecule has 1 amide bonds. The van der Waals surface area contributed by atoms with Gasteiger partial charge >= 0.3 is 0 Å². The highest BCUT2D eigenvalue weighted by Gasteiger charge is 2.15. The van der Waals surface area contributed by atoms with Gasteiger partial charge < -0.3 is 20.6 Å². The number of rotatable bonds is 5. The Kier molecular flexibility index (Phi) is 4.32. The van der Waals surface area contributed by atoms with Gasteiger partial charge in [-0.2, -0.15) is 0 Å². The van der Waals surface area contributed by atoms with E-state index in [1.165, 1.54) is 0 Å². The first-order valence-corrected chi connectivity index (χ1v) is 6.36. The second-order valence-electron chi connectivity index (χ2n) is 4.33. The van der Waals surface area contributed by atoms with Crippen LogP contribution in [0.5, 0.6) is 5.75 Å². The minimum atomic E-state index is -0.546. The van der Waals surface area contributed by atoms with E-state index in [1.807, 2.05) is 6.07 Å². The zero-order valence-corrected chi connectivity index (χ0v) is 11.7. The first-order chi connectivity index (χ1) is 9.51. The van der Waals surface area contributed by atoms with Crippen LogP contribution in [0.4, 0.5) is 0 Å². The average molecular weight is 295 g/mol. The zero-order valence-electron chi connectivity index (χ0n) is 10.9. The molecular weight excluding hydrogens is 280 g/mol. The van der Waals surface area contributed by atoms with Crippen molar-refractivity contribution < 1.29 is 13.9 Å². The monoisotopic (exact) mass is 294 g/mol. The molecule has 5 nitrogen and oxygen atoms in total. The molecule has 0 fully saturated rings. The van der Waals surface area contributed by atoms with Crippen molar-refractivity contribution >= 4 is 17.5 Å². The van der Waals surface area contributed by atoms with E-state index in [2.05, 4.69) is 0 Å². The van der Waals surface area contributed by atoms with Gasteiger partial charge in [-0.15, -0.1) is 0 Å². The Labute approximate surface area is 121 Å². The van der Waals surface area contributed by atoms with Crippen LogP contribution in [0.2, 0.25) is 5.02 Å². The summed E-state index contributed by atoms with van der Waals surface area (Å²) in [6.45, 7) is 0. The van der Waals surface area contributed by atoms with Gasteiger partial charge in [-0.25, -0.2) is 0 Å². The number of hydrogen-bond acceptors (Lipinski definition) is 4. The number of amides is 1. The maximum atomic E-state index is 10.8. The number of furan rings is 1. The normalized spacial score (nSPS) is 12.2. The van der Waals surface area contributed by atoms with E-state index in [1.54, 1.807) is 31.4 Å². The van der Waals surface area contributed by atoms with Crippen LogP contribution in [0.25, 0.3) is 11.3 Å². The molecule has 0 bridgehead atoms. The van der Waals surface area contributed by atoms with Crippen LogP contribution in [-0.4, -0.2) is 13.0 Å². The summed E-state index contributed by atoms with van der Waals surface area (Å²) in [5.41, 5.74) is 11.7. The molecule has 1 aromatic carbocycles. The van der Waals surface area contributed by atoms with Crippen LogP contribution < -0.4 is 16.2 Å². The molecule has 0 radical (unpaired) electrons. The topological polar surface area (TPSA) is 91.5 Å². The van der Waals surface area contributed by atoms with Crippen LogP contribution >= 0.6 is 11.6 Å². The molecule has 0 saturated carbocycles. The average Bonchev–Trinajstić information content (AvgIpc) is 2.87. The minimum absolute atomic E-state index is 0.0380. The van der Waals surface area contributed by atoms with Crippen molar-refractivity contribution in [3.05, 3.63) is 41.1 Å². The summed E-state index contributed by atoms with van der Waals surface area (Å²) in [5, 5.41) is 0.490. The molecule has 1 atom stereocenters. The van der Waals surface area contributed by atoms with Gasteiger partial charge in [0.05, 0.1) is 18.2 Å². The smallest absolute Gasteiger partial charge is 0.219 e. The van der Waals surface area contributed by atoms with Crippen molar-refractivity contribution in [3.63, 3.8) is 0 Å². The molecule has 4 N–H and O–H groups in total. The summed E-state index contributed by atoms with van der Waals surface area (Å²) >= 11 is 6.07. The molecule has 106 valence electrons. The molecule has 1 aromatic heterocycles. The van der Waals surface area contributed by atoms with E-state index in [4.69, 9.17) is 32.2 Å². The van der Waals surface area contributed by atoms with Crippen molar-refractivity contribution in [2.24, 2.45) is 11.5 Å². The zero-order chi connectivity index (χ0) is 14.7. The lowest BCUT2D eigenvalue weighted by Gasteiger charge is -2.06. The lowest BCUT2D eigenvalue weighted by Crippen LogP contribution is -2.20. The molecular formula is C14H15ClN2O3. The number of primary amides is 1. The van der Waals surface area contributed by atoms with E-state index in [0.29, 0.717) is 22.3 Å². The van der Waals surface area contributed by atoms with Gasteiger partial charge in [-0.3, -0.25) is 4.79 Å². The largest absolute Gasteiger partial charge is 0.495 e. The van der Waals surface area contributed by atoms with Gasteiger partial charge in [0.2, 0.25) is 5.91 Å². The summed E-state index contributed by atoms with van der Waals surface area (Å²) in [7, 11) is 1.55. The van der Waals surface area contributed by atoms with E-state index >= 15 is 0 Å². The van der Waals surface area contributed by atoms with Crippen molar-refractivity contribution in [3.8, 4) is 17.1 Å². The molecule has 0 aliphatic carbocycles. The van der Waals surface area contributed by atoms with E-state index in [0.717, 1.165) is 5.56 Å². The Morgan fingerprint density at radius 3 is 2.75 bits per heavy atom. The van der Waals surface area contributed by atoms with Crippen molar-refractivity contribution in [1.82, 2.24) is 0 Å². The maximum absolute atomic E-state index is 10.8. The number of carbonyl (C=O) groups excluding carboxylic acids is 1. The number of methoxy groups -OCH3 is 1. The lowest BCUT2D eigenvalue weighted by molar-refractivity contribution is -0.118. The fourth-order valence-corrected chi connectivity index (χ4v) is 2.10. The van der Waals surface area contributed by atoms with Gasteiger partial charge in [0.1, 0.15) is 17.3 Å². The van der Waals surface area contributed by atoms with Crippen LogP contribution in [0, 0.1) is 0 Å². The fraction of sp³-hybridized carbons (Fsp3) is 0.214. The van der Waals surface area contributed by atoms with Crippen LogP contribution in [-0.2, 0) is 4.79 Å². The Morgan fingerprint density at radius 2 is 2.15 bits per heavy atom. The first-order valence-electron chi connectivity index (χ1n) is 5.98. The molecule has 2 rings (SSSR count). The van der Waals surface area contributed by atoms with Gasteiger partial charge in [-0.05, 0) is 30.3 Å². The molecule has 6 heteroatoms. The lowest BCUT2D eigenvalue weighted by atomic mass is 10.1. The van der Waals surface area contributed by atoms with Crippen molar-refractivity contribution in [2.75, 3.05) is 7.11 Å². The molecule has 0 aliphatic heterocycles. The molecule has 20 heavy (non-hydrogen) atoms. The third-order valence-corrected chi connectivity index (χ3v) is 3.15. The third kappa shape index (κ3) is 3.12. The van der Waals surface area contributed by atoms with Gasteiger partial charge in [-0.1, -0.05) is 11.6 Å². The van der Waals surface area contributed by atoms with Crippen molar-refractivity contribution in [2.45, 2.75) is 12.5 Å². The standard InChI is InChI=1S/C14H15ClN2O3/c1-19-12-3-2-8(6-9(12)15)11-4-5-13(20-11)10(16)7-14(17)18/h2-6,10H,7,16H2,1H3,(H2,17,18)/t10-/m0/s1. The van der Waals surface area contributed by atoms with E-state index < -0.39 is 11.9 Å². The Bertz CT molecular complexity index is 625. The molecule has 2 aromatic rings. The molecule has 0 aliphatic rings. The molecule has 0 saturated heterocycles. The molecule has 1 heterocycles. The predicted octanol–water partition coefficient (Wildman–Crippen LogP) is 2.48.